The summed E-state index contributed by atoms with van der Waals surface area (Å²) in [7, 11) is 1.73. The number of phenols is 1. The highest BCUT2D eigenvalue weighted by molar-refractivity contribution is 5.83. The van der Waals surface area contributed by atoms with Crippen molar-refractivity contribution in [1.82, 2.24) is 4.98 Å². The molecule has 0 aliphatic rings. The molecule has 4 nitrogen and oxygen atoms in total. The zero-order valence-corrected chi connectivity index (χ0v) is 14.3. The fourth-order valence-corrected chi connectivity index (χ4v) is 2.77. The lowest BCUT2D eigenvalue weighted by molar-refractivity contribution is 0.112. The van der Waals surface area contributed by atoms with Crippen molar-refractivity contribution in [3.8, 4) is 17.0 Å². The average Bonchev–Trinajstić information content (AvgIpc) is 2.65. The van der Waals surface area contributed by atoms with E-state index in [4.69, 9.17) is 0 Å². The molecule has 0 unspecified atom stereocenters. The number of benzene rings is 2. The topological polar surface area (TPSA) is 53.4 Å². The summed E-state index contributed by atoms with van der Waals surface area (Å²) in [5, 5.41) is 10.0. The maximum Gasteiger partial charge on any atom is 0.162 e. The Hall–Kier alpha value is -3.35. The molecular formula is C20H15F3N2O2. The average molecular weight is 372 g/mol. The van der Waals surface area contributed by atoms with Crippen LogP contribution in [0.1, 0.15) is 15.9 Å². The molecule has 0 saturated carbocycles. The predicted molar refractivity (Wildman–Crippen MR) is 95.1 cm³/mol. The van der Waals surface area contributed by atoms with Gasteiger partial charge in [-0.3, -0.25) is 9.78 Å². The summed E-state index contributed by atoms with van der Waals surface area (Å²) in [4.78, 5) is 17.4. The first-order valence-electron chi connectivity index (χ1n) is 7.99. The minimum atomic E-state index is -1.19. The van der Waals surface area contributed by atoms with Gasteiger partial charge in [-0.15, -0.1) is 0 Å². The molecule has 0 fully saturated rings. The molecule has 0 spiro atoms. The minimum absolute atomic E-state index is 0.0277. The van der Waals surface area contributed by atoms with Gasteiger partial charge in [0.25, 0.3) is 0 Å². The van der Waals surface area contributed by atoms with Gasteiger partial charge >= 0.3 is 0 Å². The van der Waals surface area contributed by atoms with Crippen LogP contribution in [0.15, 0.2) is 48.7 Å². The highest BCUT2D eigenvalue weighted by Crippen LogP contribution is 2.34. The van der Waals surface area contributed by atoms with Crippen LogP contribution in [0.2, 0.25) is 0 Å². The van der Waals surface area contributed by atoms with E-state index in [2.05, 4.69) is 4.98 Å². The van der Waals surface area contributed by atoms with E-state index in [1.807, 2.05) is 0 Å². The third kappa shape index (κ3) is 3.76. The molecule has 0 aliphatic heterocycles. The van der Waals surface area contributed by atoms with Gasteiger partial charge in [0.15, 0.2) is 17.9 Å². The standard InChI is InChI=1S/C20H15F3N2O2/c1-25(14-4-2-13(21)3-5-14)10-16-12(11-26)6-7-24-20(16)15-8-17(22)18(23)9-19(15)27/h2-9,11,27H,10H2,1H3. The molecule has 0 atom stereocenters. The first-order chi connectivity index (χ1) is 12.9. The van der Waals surface area contributed by atoms with Crippen molar-refractivity contribution < 1.29 is 23.1 Å². The molecule has 3 rings (SSSR count). The number of phenolic OH excluding ortho intramolecular Hbond substituents is 1. The van der Waals surface area contributed by atoms with Crippen molar-refractivity contribution >= 4 is 12.0 Å². The molecule has 0 aliphatic carbocycles. The second kappa shape index (κ2) is 7.49. The number of aromatic nitrogens is 1. The lowest BCUT2D eigenvalue weighted by atomic mass is 10.00. The van der Waals surface area contributed by atoms with Crippen LogP contribution in [-0.2, 0) is 6.54 Å². The Morgan fingerprint density at radius 2 is 1.74 bits per heavy atom. The monoisotopic (exact) mass is 372 g/mol. The van der Waals surface area contributed by atoms with Crippen molar-refractivity contribution in [1.29, 1.82) is 0 Å². The Labute approximate surface area is 153 Å². The van der Waals surface area contributed by atoms with Crippen LogP contribution in [0.4, 0.5) is 18.9 Å². The number of halogens is 3. The number of hydrogen-bond acceptors (Lipinski definition) is 4. The van der Waals surface area contributed by atoms with Crippen LogP contribution >= 0.6 is 0 Å². The third-order valence-corrected chi connectivity index (χ3v) is 4.18. The highest BCUT2D eigenvalue weighted by Gasteiger charge is 2.19. The van der Waals surface area contributed by atoms with Gasteiger partial charge in [-0.2, -0.15) is 0 Å². The number of rotatable bonds is 5. The van der Waals surface area contributed by atoms with Gasteiger partial charge in [-0.1, -0.05) is 0 Å². The van der Waals surface area contributed by atoms with E-state index in [-0.39, 0.29) is 29.2 Å². The summed E-state index contributed by atoms with van der Waals surface area (Å²) in [6.45, 7) is 0.168. The van der Waals surface area contributed by atoms with Crippen molar-refractivity contribution in [2.24, 2.45) is 0 Å². The van der Waals surface area contributed by atoms with Crippen LogP contribution < -0.4 is 4.90 Å². The van der Waals surface area contributed by atoms with E-state index >= 15 is 0 Å². The van der Waals surface area contributed by atoms with Gasteiger partial charge in [-0.25, -0.2) is 13.2 Å². The molecule has 138 valence electrons. The normalized spacial score (nSPS) is 10.7. The molecule has 0 amide bonds. The van der Waals surface area contributed by atoms with Gasteiger partial charge in [0.05, 0.1) is 5.69 Å². The Kier molecular flexibility index (Phi) is 5.12. The van der Waals surface area contributed by atoms with E-state index in [0.717, 1.165) is 6.07 Å². The lowest BCUT2D eigenvalue weighted by Gasteiger charge is -2.22. The molecule has 1 aromatic heterocycles. The quantitative estimate of drug-likeness (QED) is 0.678. The van der Waals surface area contributed by atoms with Crippen LogP contribution in [0, 0.1) is 17.5 Å². The summed E-state index contributed by atoms with van der Waals surface area (Å²) < 4.78 is 40.2. The molecule has 7 heteroatoms. The van der Waals surface area contributed by atoms with Crippen molar-refractivity contribution in [3.05, 3.63) is 77.2 Å². The minimum Gasteiger partial charge on any atom is -0.507 e. The van der Waals surface area contributed by atoms with E-state index in [9.17, 15) is 23.1 Å². The largest absolute Gasteiger partial charge is 0.507 e. The number of aromatic hydroxyl groups is 1. The number of aldehydes is 1. The molecule has 2 aromatic carbocycles. The smallest absolute Gasteiger partial charge is 0.162 e. The Bertz CT molecular complexity index is 991. The van der Waals surface area contributed by atoms with E-state index in [1.165, 1.54) is 24.4 Å². The summed E-state index contributed by atoms with van der Waals surface area (Å²) >= 11 is 0. The number of anilines is 1. The molecule has 0 radical (unpaired) electrons. The van der Waals surface area contributed by atoms with Gasteiger partial charge in [0.1, 0.15) is 11.6 Å². The first-order valence-corrected chi connectivity index (χ1v) is 7.99. The second-order valence-electron chi connectivity index (χ2n) is 5.96. The summed E-state index contributed by atoms with van der Waals surface area (Å²) in [6, 6.07) is 8.73. The Morgan fingerprint density at radius 1 is 1.07 bits per heavy atom. The number of hydrogen-bond donors (Lipinski definition) is 1. The van der Waals surface area contributed by atoms with Crippen molar-refractivity contribution in [2.75, 3.05) is 11.9 Å². The Morgan fingerprint density at radius 3 is 2.41 bits per heavy atom. The number of nitrogens with zero attached hydrogens (tertiary/aromatic N) is 2. The molecular weight excluding hydrogens is 357 g/mol. The number of carbonyl (C=O) groups is 1. The fourth-order valence-electron chi connectivity index (χ4n) is 2.77. The maximum atomic E-state index is 13.7. The molecule has 3 aromatic rings. The SMILES string of the molecule is CN(Cc1c(C=O)ccnc1-c1cc(F)c(F)cc1O)c1ccc(F)cc1. The van der Waals surface area contributed by atoms with Crippen LogP contribution in [0.25, 0.3) is 11.3 Å². The molecule has 27 heavy (non-hydrogen) atoms. The van der Waals surface area contributed by atoms with Gasteiger partial charge < -0.3 is 10.0 Å². The zero-order valence-electron chi connectivity index (χ0n) is 14.3. The predicted octanol–water partition coefficient (Wildman–Crippen LogP) is 4.32. The van der Waals surface area contributed by atoms with Crippen LogP contribution in [-0.4, -0.2) is 23.4 Å². The van der Waals surface area contributed by atoms with Crippen molar-refractivity contribution in [2.45, 2.75) is 6.54 Å². The first kappa shape index (κ1) is 18.4. The van der Waals surface area contributed by atoms with Gasteiger partial charge in [0.2, 0.25) is 0 Å². The van der Waals surface area contributed by atoms with Crippen LogP contribution in [0.5, 0.6) is 5.75 Å². The third-order valence-electron chi connectivity index (χ3n) is 4.18. The van der Waals surface area contributed by atoms with Gasteiger partial charge in [0, 0.05) is 48.2 Å². The summed E-state index contributed by atoms with van der Waals surface area (Å²) in [5.41, 5.74) is 1.52. The zero-order chi connectivity index (χ0) is 19.6. The van der Waals surface area contributed by atoms with Crippen molar-refractivity contribution in [3.63, 3.8) is 0 Å². The summed E-state index contributed by atoms with van der Waals surface area (Å²) in [5.74, 6) is -3.20. The van der Waals surface area contributed by atoms with E-state index in [0.29, 0.717) is 23.6 Å². The van der Waals surface area contributed by atoms with Gasteiger partial charge in [-0.05, 0) is 36.4 Å². The van der Waals surface area contributed by atoms with E-state index in [1.54, 1.807) is 24.1 Å². The Balaban J connectivity index is 2.08. The lowest BCUT2D eigenvalue weighted by Crippen LogP contribution is -2.18. The van der Waals surface area contributed by atoms with E-state index < -0.39 is 17.4 Å². The fraction of sp³-hybridized carbons (Fsp3) is 0.100. The second-order valence-corrected chi connectivity index (χ2v) is 5.96. The molecule has 1 N–H and O–H groups in total. The highest BCUT2D eigenvalue weighted by atomic mass is 19.2. The number of pyridine rings is 1. The number of carbonyl (C=O) groups excluding carboxylic acids is 1. The summed E-state index contributed by atoms with van der Waals surface area (Å²) in [6.07, 6.45) is 1.97. The maximum absolute atomic E-state index is 13.7. The molecule has 0 saturated heterocycles. The van der Waals surface area contributed by atoms with Crippen LogP contribution in [0.3, 0.4) is 0 Å². The molecule has 0 bridgehead atoms. The molecule has 1 heterocycles.